The highest BCUT2D eigenvalue weighted by Gasteiger charge is 2.35. The van der Waals surface area contributed by atoms with Gasteiger partial charge in [-0.1, -0.05) is 123 Å². The molecule has 0 aliphatic heterocycles. The van der Waals surface area contributed by atoms with Crippen molar-refractivity contribution >= 4 is 70.2 Å². The zero-order valence-corrected chi connectivity index (χ0v) is 31.3. The third-order valence-electron chi connectivity index (χ3n) is 11.4. The lowest BCUT2D eigenvalue weighted by atomic mass is 9.82. The highest BCUT2D eigenvalue weighted by atomic mass is 32.1. The van der Waals surface area contributed by atoms with Crippen molar-refractivity contribution in [3.8, 4) is 33.8 Å². The second-order valence-corrected chi connectivity index (χ2v) is 16.1. The van der Waals surface area contributed by atoms with E-state index in [2.05, 4.69) is 195 Å². The lowest BCUT2D eigenvalue weighted by Crippen LogP contribution is -2.16. The predicted molar refractivity (Wildman–Crippen MR) is 233 cm³/mol. The number of thiophene rings is 1. The van der Waals surface area contributed by atoms with E-state index in [1.165, 1.54) is 53.2 Å². The Labute approximate surface area is 323 Å². The summed E-state index contributed by atoms with van der Waals surface area (Å²) in [6, 6.07) is 63.4. The summed E-state index contributed by atoms with van der Waals surface area (Å²) in [6.07, 6.45) is 0. The molecule has 2 heterocycles. The van der Waals surface area contributed by atoms with E-state index in [4.69, 9.17) is 9.97 Å². The Bertz CT molecular complexity index is 3120. The van der Waals surface area contributed by atoms with Crippen LogP contribution in [0.3, 0.4) is 0 Å². The first-order chi connectivity index (χ1) is 27.0. The van der Waals surface area contributed by atoms with Gasteiger partial charge < -0.3 is 4.90 Å². The number of para-hydroxylation sites is 2. The van der Waals surface area contributed by atoms with Crippen LogP contribution in [0.2, 0.25) is 0 Å². The van der Waals surface area contributed by atoms with Crippen molar-refractivity contribution in [3.63, 3.8) is 0 Å². The number of rotatable bonds is 5. The molecule has 2 aromatic heterocycles. The van der Waals surface area contributed by atoms with Gasteiger partial charge in [0, 0.05) is 59.2 Å². The van der Waals surface area contributed by atoms with E-state index in [-0.39, 0.29) is 5.41 Å². The first-order valence-electron chi connectivity index (χ1n) is 18.8. The summed E-state index contributed by atoms with van der Waals surface area (Å²) in [7, 11) is 0. The Morgan fingerprint density at radius 3 is 1.98 bits per heavy atom. The number of aromatic nitrogens is 2. The van der Waals surface area contributed by atoms with E-state index in [9.17, 15) is 0 Å². The van der Waals surface area contributed by atoms with Crippen LogP contribution in [0.1, 0.15) is 25.0 Å². The first kappa shape index (κ1) is 31.9. The maximum Gasteiger partial charge on any atom is 0.160 e. The fourth-order valence-electron chi connectivity index (χ4n) is 8.70. The summed E-state index contributed by atoms with van der Waals surface area (Å²) in [4.78, 5) is 12.8. The van der Waals surface area contributed by atoms with Crippen molar-refractivity contribution in [2.75, 3.05) is 4.90 Å². The molecule has 0 saturated heterocycles. The summed E-state index contributed by atoms with van der Waals surface area (Å²) in [5.41, 5.74) is 12.6. The number of hydrogen-bond donors (Lipinski definition) is 0. The van der Waals surface area contributed by atoms with Gasteiger partial charge >= 0.3 is 0 Å². The summed E-state index contributed by atoms with van der Waals surface area (Å²) < 4.78 is 2.53. The van der Waals surface area contributed by atoms with Crippen molar-refractivity contribution in [3.05, 3.63) is 187 Å². The molecular formula is C51H35N3S. The van der Waals surface area contributed by atoms with Crippen LogP contribution in [0.25, 0.3) is 75.6 Å². The Hall–Kier alpha value is -6.62. The van der Waals surface area contributed by atoms with Gasteiger partial charge in [0.15, 0.2) is 5.82 Å². The topological polar surface area (TPSA) is 29.0 Å². The lowest BCUT2D eigenvalue weighted by molar-refractivity contribution is 0.660. The summed E-state index contributed by atoms with van der Waals surface area (Å²) >= 11 is 1.85. The normalized spacial score (nSPS) is 13.1. The maximum atomic E-state index is 5.36. The van der Waals surface area contributed by atoms with Crippen molar-refractivity contribution in [2.24, 2.45) is 0 Å². The van der Waals surface area contributed by atoms with E-state index in [0.29, 0.717) is 5.82 Å². The van der Waals surface area contributed by atoms with Gasteiger partial charge in [-0.25, -0.2) is 9.97 Å². The monoisotopic (exact) mass is 721 g/mol. The van der Waals surface area contributed by atoms with Gasteiger partial charge in [-0.3, -0.25) is 0 Å². The molecule has 260 valence electrons. The van der Waals surface area contributed by atoms with Crippen molar-refractivity contribution < 1.29 is 0 Å². The second-order valence-electron chi connectivity index (χ2n) is 15.0. The molecule has 0 spiro atoms. The minimum Gasteiger partial charge on any atom is -0.310 e. The average Bonchev–Trinajstić information content (AvgIpc) is 3.71. The van der Waals surface area contributed by atoms with E-state index < -0.39 is 0 Å². The Morgan fingerprint density at radius 1 is 0.473 bits per heavy atom. The molecule has 0 fully saturated rings. The van der Waals surface area contributed by atoms with Crippen LogP contribution in [-0.2, 0) is 5.41 Å². The molecule has 0 saturated carbocycles. The maximum absolute atomic E-state index is 5.36. The zero-order valence-electron chi connectivity index (χ0n) is 30.5. The van der Waals surface area contributed by atoms with Crippen LogP contribution in [0.4, 0.5) is 17.1 Å². The molecule has 0 N–H and O–H groups in total. The van der Waals surface area contributed by atoms with Gasteiger partial charge in [0.1, 0.15) is 0 Å². The Kier molecular flexibility index (Phi) is 7.07. The molecule has 10 aromatic rings. The van der Waals surface area contributed by atoms with E-state index in [1.54, 1.807) is 0 Å². The number of nitrogens with zero attached hydrogens (tertiary/aromatic N) is 3. The van der Waals surface area contributed by atoms with Crippen molar-refractivity contribution in [1.29, 1.82) is 0 Å². The molecule has 11 rings (SSSR count). The van der Waals surface area contributed by atoms with Gasteiger partial charge in [-0.05, 0) is 99.8 Å². The van der Waals surface area contributed by atoms with Crippen LogP contribution in [0.5, 0.6) is 0 Å². The summed E-state index contributed by atoms with van der Waals surface area (Å²) in [5, 5.41) is 6.12. The van der Waals surface area contributed by atoms with Crippen LogP contribution < -0.4 is 4.90 Å². The molecule has 0 unspecified atom stereocenters. The molecule has 3 nitrogen and oxygen atoms in total. The van der Waals surface area contributed by atoms with Crippen molar-refractivity contribution in [2.45, 2.75) is 19.3 Å². The highest BCUT2D eigenvalue weighted by molar-refractivity contribution is 7.26. The largest absolute Gasteiger partial charge is 0.310 e. The summed E-state index contributed by atoms with van der Waals surface area (Å²) in [6.45, 7) is 4.67. The van der Waals surface area contributed by atoms with Gasteiger partial charge in [0.25, 0.3) is 0 Å². The number of hydrogen-bond acceptors (Lipinski definition) is 4. The highest BCUT2D eigenvalue weighted by Crippen LogP contribution is 2.51. The predicted octanol–water partition coefficient (Wildman–Crippen LogP) is 14.3. The number of fused-ring (bicyclic) bond motifs is 8. The molecule has 0 bridgehead atoms. The minimum absolute atomic E-state index is 0.0897. The lowest BCUT2D eigenvalue weighted by Gasteiger charge is -2.28. The molecule has 55 heavy (non-hydrogen) atoms. The fourth-order valence-corrected chi connectivity index (χ4v) is 9.94. The van der Waals surface area contributed by atoms with Gasteiger partial charge in [0.05, 0.1) is 11.2 Å². The van der Waals surface area contributed by atoms with Crippen LogP contribution in [0.15, 0.2) is 176 Å². The van der Waals surface area contributed by atoms with E-state index in [1.807, 2.05) is 11.3 Å². The van der Waals surface area contributed by atoms with Gasteiger partial charge in [-0.2, -0.15) is 0 Å². The van der Waals surface area contributed by atoms with E-state index in [0.717, 1.165) is 44.8 Å². The molecular weight excluding hydrogens is 687 g/mol. The van der Waals surface area contributed by atoms with Crippen LogP contribution in [-0.4, -0.2) is 9.97 Å². The van der Waals surface area contributed by atoms with Gasteiger partial charge in [-0.15, -0.1) is 11.3 Å². The average molecular weight is 722 g/mol. The molecule has 0 radical (unpaired) electrons. The molecule has 0 atom stereocenters. The molecule has 1 aliphatic rings. The first-order valence-corrected chi connectivity index (χ1v) is 19.6. The molecule has 4 heteroatoms. The standard InChI is InChI=1S/C51H35N3S/c1-51(2)44-21-10-8-17-38(44)39-28-27-37(31-45(39)51)54(35-15-4-3-5-16-35)36-25-23-32(24-26-36)50-52-46-22-11-9-18-41(46)48(53-50)42-20-12-19-40-43-29-33-13-6-7-14-34(33)30-47(43)55-49(40)42/h3-31H,1-2H3. The van der Waals surface area contributed by atoms with E-state index >= 15 is 0 Å². The second kappa shape index (κ2) is 12.2. The Balaban J connectivity index is 1.03. The smallest absolute Gasteiger partial charge is 0.160 e. The third-order valence-corrected chi connectivity index (χ3v) is 12.6. The van der Waals surface area contributed by atoms with Crippen LogP contribution in [0, 0.1) is 0 Å². The molecule has 8 aromatic carbocycles. The number of benzene rings is 8. The van der Waals surface area contributed by atoms with Gasteiger partial charge in [0.2, 0.25) is 0 Å². The molecule has 1 aliphatic carbocycles. The molecule has 0 amide bonds. The zero-order chi connectivity index (χ0) is 36.7. The number of anilines is 3. The fraction of sp³-hybridized carbons (Fsp3) is 0.0588. The quantitative estimate of drug-likeness (QED) is 0.177. The van der Waals surface area contributed by atoms with Crippen LogP contribution >= 0.6 is 11.3 Å². The van der Waals surface area contributed by atoms with Crippen molar-refractivity contribution in [1.82, 2.24) is 9.97 Å². The third kappa shape index (κ3) is 5.02. The Morgan fingerprint density at radius 2 is 1.13 bits per heavy atom. The minimum atomic E-state index is -0.0897. The SMILES string of the molecule is CC1(C)c2ccccc2-c2ccc(N(c3ccccc3)c3ccc(-c4nc(-c5cccc6c5sc5cc7ccccc7cc56)c5ccccc5n4)cc3)cc21. The summed E-state index contributed by atoms with van der Waals surface area (Å²) in [5.74, 6) is 0.715.